The summed E-state index contributed by atoms with van der Waals surface area (Å²) in [6.07, 6.45) is 3.22. The first-order chi connectivity index (χ1) is 8.22. The van der Waals surface area contributed by atoms with Gasteiger partial charge in [0.05, 0.1) is 5.56 Å². The zero-order chi connectivity index (χ0) is 12.3. The average molecular weight is 229 g/mol. The van der Waals surface area contributed by atoms with Gasteiger partial charge in [-0.05, 0) is 19.1 Å². The molecule has 0 bridgehead atoms. The molecule has 0 saturated carbocycles. The predicted octanol–water partition coefficient (Wildman–Crippen LogP) is 1.48. The van der Waals surface area contributed by atoms with Crippen molar-refractivity contribution in [3.8, 4) is 11.4 Å². The van der Waals surface area contributed by atoms with Gasteiger partial charge in [0, 0.05) is 18.0 Å². The minimum absolute atomic E-state index is 0.360. The Morgan fingerprint density at radius 2 is 2.00 bits per heavy atom. The number of hydrogen-bond acceptors (Lipinski definition) is 5. The summed E-state index contributed by atoms with van der Waals surface area (Å²) in [4.78, 5) is 24.0. The summed E-state index contributed by atoms with van der Waals surface area (Å²) in [5, 5.41) is 0. The van der Waals surface area contributed by atoms with Crippen LogP contribution < -0.4 is 5.90 Å². The van der Waals surface area contributed by atoms with Gasteiger partial charge in [-0.3, -0.25) is 0 Å². The zero-order valence-electron chi connectivity index (χ0n) is 9.25. The number of carbonyl (C=O) groups is 1. The first-order valence-electron chi connectivity index (χ1n) is 5.01. The van der Waals surface area contributed by atoms with Crippen molar-refractivity contribution in [1.82, 2.24) is 9.97 Å². The fraction of sp³-hybridized carbons (Fsp3) is 0.0833. The average Bonchev–Trinajstić information content (AvgIpc) is 2.38. The molecule has 2 rings (SSSR count). The van der Waals surface area contributed by atoms with E-state index in [9.17, 15) is 4.79 Å². The zero-order valence-corrected chi connectivity index (χ0v) is 9.25. The smallest absolute Gasteiger partial charge is 0.357 e. The van der Waals surface area contributed by atoms with Crippen LogP contribution in [0.4, 0.5) is 0 Å². The van der Waals surface area contributed by atoms with Crippen LogP contribution in [0.25, 0.3) is 11.4 Å². The Balaban J connectivity index is 2.58. The topological polar surface area (TPSA) is 78.1 Å². The lowest BCUT2D eigenvalue weighted by atomic mass is 10.0. The third kappa shape index (κ3) is 2.29. The highest BCUT2D eigenvalue weighted by molar-refractivity contribution is 5.96. The number of nitrogens with two attached hydrogens (primary N) is 1. The molecule has 0 radical (unpaired) electrons. The highest BCUT2D eigenvalue weighted by Crippen LogP contribution is 2.21. The molecule has 0 aliphatic carbocycles. The summed E-state index contributed by atoms with van der Waals surface area (Å²) >= 11 is 0. The van der Waals surface area contributed by atoms with Crippen LogP contribution in [0.1, 0.15) is 15.9 Å². The van der Waals surface area contributed by atoms with E-state index < -0.39 is 5.97 Å². The van der Waals surface area contributed by atoms with Gasteiger partial charge in [0.15, 0.2) is 5.82 Å². The van der Waals surface area contributed by atoms with Crippen molar-refractivity contribution >= 4 is 5.97 Å². The van der Waals surface area contributed by atoms with Crippen molar-refractivity contribution in [2.24, 2.45) is 5.90 Å². The van der Waals surface area contributed by atoms with Crippen LogP contribution in [-0.2, 0) is 4.84 Å². The Hall–Kier alpha value is -2.27. The third-order valence-corrected chi connectivity index (χ3v) is 2.31. The van der Waals surface area contributed by atoms with E-state index in [2.05, 4.69) is 14.8 Å². The van der Waals surface area contributed by atoms with Gasteiger partial charge >= 0.3 is 5.97 Å². The van der Waals surface area contributed by atoms with Gasteiger partial charge in [-0.25, -0.2) is 14.8 Å². The standard InChI is InChI=1S/C12H11N3O2/c1-8-3-4-9(10(7-8)12(16)17-13)11-14-5-2-6-15-11/h2-7H,13H2,1H3. The Bertz CT molecular complexity index is 541. The van der Waals surface area contributed by atoms with Crippen molar-refractivity contribution in [3.63, 3.8) is 0 Å². The van der Waals surface area contributed by atoms with E-state index in [1.807, 2.05) is 13.0 Å². The van der Waals surface area contributed by atoms with Gasteiger partial charge in [-0.2, -0.15) is 5.90 Å². The second-order valence-corrected chi connectivity index (χ2v) is 3.53. The van der Waals surface area contributed by atoms with E-state index in [4.69, 9.17) is 5.90 Å². The van der Waals surface area contributed by atoms with Gasteiger partial charge < -0.3 is 4.84 Å². The molecule has 0 saturated heterocycles. The summed E-state index contributed by atoms with van der Waals surface area (Å²) in [6, 6.07) is 7.05. The largest absolute Gasteiger partial charge is 0.370 e. The quantitative estimate of drug-likeness (QED) is 0.789. The normalized spacial score (nSPS) is 10.0. The van der Waals surface area contributed by atoms with Crippen molar-refractivity contribution < 1.29 is 9.63 Å². The molecule has 5 nitrogen and oxygen atoms in total. The van der Waals surface area contributed by atoms with E-state index >= 15 is 0 Å². The fourth-order valence-corrected chi connectivity index (χ4v) is 1.52. The molecule has 2 N–H and O–H groups in total. The van der Waals surface area contributed by atoms with E-state index in [0.29, 0.717) is 17.0 Å². The van der Waals surface area contributed by atoms with E-state index in [-0.39, 0.29) is 0 Å². The van der Waals surface area contributed by atoms with E-state index in [1.165, 1.54) is 0 Å². The Morgan fingerprint density at radius 1 is 1.29 bits per heavy atom. The number of aryl methyl sites for hydroxylation is 1. The first-order valence-corrected chi connectivity index (χ1v) is 5.01. The van der Waals surface area contributed by atoms with Gasteiger partial charge in [-0.1, -0.05) is 17.7 Å². The summed E-state index contributed by atoms with van der Waals surface area (Å²) in [6.45, 7) is 1.88. The third-order valence-electron chi connectivity index (χ3n) is 2.31. The molecule has 0 atom stereocenters. The van der Waals surface area contributed by atoms with Crippen LogP contribution in [-0.4, -0.2) is 15.9 Å². The minimum atomic E-state index is -0.601. The molecule has 1 aromatic carbocycles. The highest BCUT2D eigenvalue weighted by atomic mass is 16.7. The van der Waals surface area contributed by atoms with Crippen LogP contribution in [0.3, 0.4) is 0 Å². The molecule has 0 aliphatic heterocycles. The molecular weight excluding hydrogens is 218 g/mol. The van der Waals surface area contributed by atoms with Crippen molar-refractivity contribution in [2.45, 2.75) is 6.92 Å². The lowest BCUT2D eigenvalue weighted by Crippen LogP contribution is -2.12. The SMILES string of the molecule is Cc1ccc(-c2ncccn2)c(C(=O)ON)c1. The number of hydrogen-bond donors (Lipinski definition) is 1. The first kappa shape index (κ1) is 11.2. The molecule has 0 amide bonds. The lowest BCUT2D eigenvalue weighted by Gasteiger charge is -2.06. The fourth-order valence-electron chi connectivity index (χ4n) is 1.52. The Morgan fingerprint density at radius 3 is 2.65 bits per heavy atom. The van der Waals surface area contributed by atoms with Crippen molar-refractivity contribution in [2.75, 3.05) is 0 Å². The molecule has 5 heteroatoms. The number of nitrogens with zero attached hydrogens (tertiary/aromatic N) is 2. The van der Waals surface area contributed by atoms with Crippen LogP contribution in [0.2, 0.25) is 0 Å². The maximum absolute atomic E-state index is 11.6. The Kier molecular flexibility index (Phi) is 3.11. The van der Waals surface area contributed by atoms with Crippen LogP contribution in [0.5, 0.6) is 0 Å². The molecule has 0 spiro atoms. The molecule has 86 valence electrons. The molecule has 0 unspecified atom stereocenters. The van der Waals surface area contributed by atoms with Gasteiger partial charge in [-0.15, -0.1) is 0 Å². The summed E-state index contributed by atoms with van der Waals surface area (Å²) in [5.74, 6) is 4.78. The molecule has 0 fully saturated rings. The molecule has 0 aliphatic rings. The highest BCUT2D eigenvalue weighted by Gasteiger charge is 2.15. The second-order valence-electron chi connectivity index (χ2n) is 3.53. The summed E-state index contributed by atoms with van der Waals surface area (Å²) in [7, 11) is 0. The molecular formula is C12H11N3O2. The summed E-state index contributed by atoms with van der Waals surface area (Å²) in [5.41, 5.74) is 1.90. The maximum atomic E-state index is 11.6. The molecule has 1 heterocycles. The van der Waals surface area contributed by atoms with Crippen LogP contribution in [0, 0.1) is 6.92 Å². The summed E-state index contributed by atoms with van der Waals surface area (Å²) < 4.78 is 0. The van der Waals surface area contributed by atoms with E-state index in [0.717, 1.165) is 5.56 Å². The van der Waals surface area contributed by atoms with Crippen molar-refractivity contribution in [3.05, 3.63) is 47.8 Å². The number of rotatable bonds is 2. The maximum Gasteiger partial charge on any atom is 0.357 e. The van der Waals surface area contributed by atoms with Crippen LogP contribution in [0.15, 0.2) is 36.7 Å². The number of carbonyl (C=O) groups excluding carboxylic acids is 1. The molecule has 17 heavy (non-hydrogen) atoms. The lowest BCUT2D eigenvalue weighted by molar-refractivity contribution is 0.0504. The van der Waals surface area contributed by atoms with Gasteiger partial charge in [0.25, 0.3) is 0 Å². The minimum Gasteiger partial charge on any atom is -0.370 e. The van der Waals surface area contributed by atoms with Gasteiger partial charge in [0.2, 0.25) is 0 Å². The van der Waals surface area contributed by atoms with E-state index in [1.54, 1.807) is 30.6 Å². The molecule has 1 aromatic heterocycles. The monoisotopic (exact) mass is 229 g/mol. The molecule has 2 aromatic rings. The second kappa shape index (κ2) is 4.71. The van der Waals surface area contributed by atoms with Crippen LogP contribution >= 0.6 is 0 Å². The number of benzene rings is 1. The predicted molar refractivity (Wildman–Crippen MR) is 61.8 cm³/mol. The Labute approximate surface area is 98.2 Å². The van der Waals surface area contributed by atoms with Crippen molar-refractivity contribution in [1.29, 1.82) is 0 Å². The number of aromatic nitrogens is 2. The van der Waals surface area contributed by atoms with Gasteiger partial charge in [0.1, 0.15) is 0 Å².